The standard InChI is InChI=1S/C14H25N5O/c1-5-7-10(9-20-4)19-13-12(16-14(19)15)11(8-6-2)17-18(13)3/h10H,5-9H2,1-4H3,(H2,15,16). The van der Waals surface area contributed by atoms with Gasteiger partial charge in [-0.1, -0.05) is 26.7 Å². The summed E-state index contributed by atoms with van der Waals surface area (Å²) in [7, 11) is 3.67. The quantitative estimate of drug-likeness (QED) is 0.844. The maximum Gasteiger partial charge on any atom is 0.202 e. The molecule has 0 aromatic carbocycles. The molecule has 0 radical (unpaired) electrons. The Morgan fingerprint density at radius 2 is 2.05 bits per heavy atom. The Labute approximate surface area is 119 Å². The van der Waals surface area contributed by atoms with E-state index < -0.39 is 0 Å². The van der Waals surface area contributed by atoms with Crippen LogP contribution in [-0.4, -0.2) is 33.0 Å². The summed E-state index contributed by atoms with van der Waals surface area (Å²) < 4.78 is 9.31. The van der Waals surface area contributed by atoms with E-state index in [9.17, 15) is 0 Å². The van der Waals surface area contributed by atoms with Crippen LogP contribution in [0.25, 0.3) is 11.2 Å². The van der Waals surface area contributed by atoms with Gasteiger partial charge in [-0.25, -0.2) is 4.98 Å². The van der Waals surface area contributed by atoms with Gasteiger partial charge in [-0.2, -0.15) is 5.10 Å². The number of nitrogen functional groups attached to an aromatic ring is 1. The fourth-order valence-corrected chi connectivity index (χ4v) is 2.80. The molecular formula is C14H25N5O. The number of nitrogens with two attached hydrogens (primary N) is 1. The molecule has 1 atom stereocenters. The van der Waals surface area contributed by atoms with Crippen molar-refractivity contribution in [2.75, 3.05) is 19.5 Å². The lowest BCUT2D eigenvalue weighted by atomic mass is 10.2. The van der Waals surface area contributed by atoms with Crippen LogP contribution in [0.4, 0.5) is 5.95 Å². The number of rotatable bonds is 7. The van der Waals surface area contributed by atoms with Crippen LogP contribution in [-0.2, 0) is 18.2 Å². The molecule has 2 heterocycles. The number of hydrogen-bond donors (Lipinski definition) is 1. The van der Waals surface area contributed by atoms with Crippen LogP contribution in [0.5, 0.6) is 0 Å². The average molecular weight is 279 g/mol. The van der Waals surface area contributed by atoms with Gasteiger partial charge in [-0.3, -0.25) is 9.25 Å². The molecule has 0 fully saturated rings. The molecule has 20 heavy (non-hydrogen) atoms. The lowest BCUT2D eigenvalue weighted by molar-refractivity contribution is 0.152. The zero-order valence-electron chi connectivity index (χ0n) is 12.9. The minimum atomic E-state index is 0.208. The molecule has 1 unspecified atom stereocenters. The average Bonchev–Trinajstić information content (AvgIpc) is 2.88. The van der Waals surface area contributed by atoms with E-state index in [1.165, 1.54) is 0 Å². The minimum Gasteiger partial charge on any atom is -0.383 e. The molecule has 112 valence electrons. The number of methoxy groups -OCH3 is 1. The molecule has 6 heteroatoms. The highest BCUT2D eigenvalue weighted by atomic mass is 16.5. The van der Waals surface area contributed by atoms with Crippen molar-refractivity contribution in [1.29, 1.82) is 0 Å². The smallest absolute Gasteiger partial charge is 0.202 e. The summed E-state index contributed by atoms with van der Waals surface area (Å²) in [6.07, 6.45) is 4.07. The van der Waals surface area contributed by atoms with E-state index >= 15 is 0 Å². The summed E-state index contributed by atoms with van der Waals surface area (Å²) >= 11 is 0. The predicted molar refractivity (Wildman–Crippen MR) is 80.7 cm³/mol. The first-order valence-corrected chi connectivity index (χ1v) is 7.32. The van der Waals surface area contributed by atoms with Crippen molar-refractivity contribution in [1.82, 2.24) is 19.3 Å². The lowest BCUT2D eigenvalue weighted by Gasteiger charge is -2.19. The summed E-state index contributed by atoms with van der Waals surface area (Å²) in [5.74, 6) is 0.556. The number of fused-ring (bicyclic) bond motifs is 1. The third-order valence-corrected chi connectivity index (χ3v) is 3.60. The van der Waals surface area contributed by atoms with Gasteiger partial charge in [0.1, 0.15) is 5.52 Å². The number of hydrogen-bond acceptors (Lipinski definition) is 4. The van der Waals surface area contributed by atoms with E-state index in [1.807, 2.05) is 11.7 Å². The van der Waals surface area contributed by atoms with Crippen LogP contribution in [0, 0.1) is 0 Å². The molecule has 0 aliphatic heterocycles. The van der Waals surface area contributed by atoms with Crippen LogP contribution in [0.3, 0.4) is 0 Å². The second-order valence-electron chi connectivity index (χ2n) is 5.23. The van der Waals surface area contributed by atoms with Gasteiger partial charge >= 0.3 is 0 Å². The van der Waals surface area contributed by atoms with Gasteiger partial charge in [-0.05, 0) is 12.8 Å². The molecule has 0 bridgehead atoms. The fourth-order valence-electron chi connectivity index (χ4n) is 2.80. The predicted octanol–water partition coefficient (Wildman–Crippen LogP) is 2.29. The first-order valence-electron chi connectivity index (χ1n) is 7.32. The van der Waals surface area contributed by atoms with Gasteiger partial charge in [0.2, 0.25) is 5.95 Å². The minimum absolute atomic E-state index is 0.208. The first kappa shape index (κ1) is 14.8. The molecule has 0 aliphatic carbocycles. The second kappa shape index (κ2) is 6.26. The number of anilines is 1. The third kappa shape index (κ3) is 2.52. The van der Waals surface area contributed by atoms with Crippen LogP contribution in [0.15, 0.2) is 0 Å². The van der Waals surface area contributed by atoms with Crippen molar-refractivity contribution in [2.24, 2.45) is 7.05 Å². The SMILES string of the molecule is CCCc1nn(C)c2c1nc(N)n2C(CCC)COC. The number of nitrogens with zero attached hydrogens (tertiary/aromatic N) is 4. The molecule has 2 aromatic rings. The van der Waals surface area contributed by atoms with Gasteiger partial charge in [0.15, 0.2) is 5.65 Å². The Hall–Kier alpha value is -1.56. The van der Waals surface area contributed by atoms with Gasteiger partial charge in [-0.15, -0.1) is 0 Å². The maximum absolute atomic E-state index is 6.15. The van der Waals surface area contributed by atoms with Crippen molar-refractivity contribution < 1.29 is 4.74 Å². The highest BCUT2D eigenvalue weighted by Gasteiger charge is 2.22. The molecule has 0 spiro atoms. The largest absolute Gasteiger partial charge is 0.383 e. The van der Waals surface area contributed by atoms with Crippen LogP contribution in [0.1, 0.15) is 44.8 Å². The van der Waals surface area contributed by atoms with E-state index in [-0.39, 0.29) is 6.04 Å². The first-order chi connectivity index (χ1) is 9.63. The Balaban J connectivity index is 2.54. The fraction of sp³-hybridized carbons (Fsp3) is 0.714. The Kier molecular flexibility index (Phi) is 4.65. The molecule has 6 nitrogen and oxygen atoms in total. The maximum atomic E-state index is 6.15. The molecule has 0 saturated heterocycles. The highest BCUT2D eigenvalue weighted by molar-refractivity contribution is 5.78. The van der Waals surface area contributed by atoms with E-state index in [0.29, 0.717) is 12.6 Å². The number of ether oxygens (including phenoxy) is 1. The summed E-state index contributed by atoms with van der Waals surface area (Å²) in [5, 5.41) is 4.58. The molecule has 2 N–H and O–H groups in total. The van der Waals surface area contributed by atoms with Crippen LogP contribution in [0.2, 0.25) is 0 Å². The Morgan fingerprint density at radius 3 is 2.65 bits per heavy atom. The van der Waals surface area contributed by atoms with Crippen LogP contribution >= 0.6 is 0 Å². The summed E-state index contributed by atoms with van der Waals surface area (Å²) in [6.45, 7) is 4.95. The Bertz CT molecular complexity index is 566. The molecule has 2 rings (SSSR count). The molecule has 0 saturated carbocycles. The number of aromatic nitrogens is 4. The second-order valence-corrected chi connectivity index (χ2v) is 5.23. The molecule has 2 aromatic heterocycles. The third-order valence-electron chi connectivity index (χ3n) is 3.60. The number of aryl methyl sites for hydroxylation is 2. The summed E-state index contributed by atoms with van der Waals surface area (Å²) in [5.41, 5.74) is 9.11. The van der Waals surface area contributed by atoms with Crippen molar-refractivity contribution in [3.8, 4) is 0 Å². The zero-order valence-corrected chi connectivity index (χ0v) is 12.9. The normalized spacial score (nSPS) is 13.2. The van der Waals surface area contributed by atoms with E-state index in [2.05, 4.69) is 28.5 Å². The highest BCUT2D eigenvalue weighted by Crippen LogP contribution is 2.28. The van der Waals surface area contributed by atoms with Gasteiger partial charge < -0.3 is 10.5 Å². The van der Waals surface area contributed by atoms with E-state index in [4.69, 9.17) is 10.5 Å². The van der Waals surface area contributed by atoms with E-state index in [0.717, 1.165) is 42.5 Å². The van der Waals surface area contributed by atoms with Crippen molar-refractivity contribution >= 4 is 17.1 Å². The zero-order chi connectivity index (χ0) is 14.7. The lowest BCUT2D eigenvalue weighted by Crippen LogP contribution is -2.18. The van der Waals surface area contributed by atoms with Gasteiger partial charge in [0.05, 0.1) is 18.3 Å². The van der Waals surface area contributed by atoms with Crippen molar-refractivity contribution in [3.05, 3.63) is 5.69 Å². The van der Waals surface area contributed by atoms with Crippen molar-refractivity contribution in [2.45, 2.75) is 45.6 Å². The Morgan fingerprint density at radius 1 is 1.30 bits per heavy atom. The number of imidazole rings is 1. The summed E-state index contributed by atoms with van der Waals surface area (Å²) in [4.78, 5) is 4.54. The molecule has 0 aliphatic rings. The summed E-state index contributed by atoms with van der Waals surface area (Å²) in [6, 6.07) is 0.208. The van der Waals surface area contributed by atoms with Gasteiger partial charge in [0.25, 0.3) is 0 Å². The molecular weight excluding hydrogens is 254 g/mol. The topological polar surface area (TPSA) is 70.9 Å². The van der Waals surface area contributed by atoms with Crippen molar-refractivity contribution in [3.63, 3.8) is 0 Å². The van der Waals surface area contributed by atoms with Gasteiger partial charge in [0, 0.05) is 14.2 Å². The van der Waals surface area contributed by atoms with Crippen LogP contribution < -0.4 is 5.73 Å². The monoisotopic (exact) mass is 279 g/mol. The van der Waals surface area contributed by atoms with E-state index in [1.54, 1.807) is 7.11 Å². The molecule has 0 amide bonds.